The maximum atomic E-state index is 12.4. The molecule has 2 aromatic carbocycles. The largest absolute Gasteiger partial charge is 0.497 e. The van der Waals surface area contributed by atoms with Crippen molar-refractivity contribution in [2.24, 2.45) is 0 Å². The first-order valence-corrected chi connectivity index (χ1v) is 7.56. The van der Waals surface area contributed by atoms with Crippen LogP contribution < -0.4 is 9.47 Å². The van der Waals surface area contributed by atoms with E-state index in [1.165, 1.54) is 0 Å². The molecule has 0 N–H and O–H groups in total. The number of halogens is 1. The van der Waals surface area contributed by atoms with Gasteiger partial charge in [0.15, 0.2) is 0 Å². The van der Waals surface area contributed by atoms with Crippen molar-refractivity contribution in [3.63, 3.8) is 0 Å². The Labute approximate surface area is 138 Å². The van der Waals surface area contributed by atoms with E-state index in [0.29, 0.717) is 17.9 Å². The Morgan fingerprint density at radius 3 is 2.36 bits per heavy atom. The molecule has 0 aliphatic rings. The minimum Gasteiger partial charge on any atom is -0.497 e. The zero-order valence-electron chi connectivity index (χ0n) is 12.8. The molecule has 116 valence electrons. The summed E-state index contributed by atoms with van der Waals surface area (Å²) in [7, 11) is 4.99. The van der Waals surface area contributed by atoms with Gasteiger partial charge in [0.2, 0.25) is 0 Å². The molecule has 0 aromatic heterocycles. The molecule has 0 aliphatic heterocycles. The van der Waals surface area contributed by atoms with Crippen molar-refractivity contribution in [3.8, 4) is 11.5 Å². The fourth-order valence-corrected chi connectivity index (χ4v) is 2.39. The van der Waals surface area contributed by atoms with E-state index in [4.69, 9.17) is 9.47 Å². The van der Waals surface area contributed by atoms with Gasteiger partial charge in [-0.15, -0.1) is 0 Å². The third-order valence-corrected chi connectivity index (χ3v) is 3.87. The summed E-state index contributed by atoms with van der Waals surface area (Å²) in [6, 6.07) is 12.9. The summed E-state index contributed by atoms with van der Waals surface area (Å²) < 4.78 is 11.5. The molecule has 0 aliphatic carbocycles. The molecule has 4 nitrogen and oxygen atoms in total. The summed E-state index contributed by atoms with van der Waals surface area (Å²) in [5.41, 5.74) is 1.58. The molecule has 0 saturated carbocycles. The maximum absolute atomic E-state index is 12.4. The highest BCUT2D eigenvalue weighted by atomic mass is 79.9. The molecular formula is C17H18BrNO3. The second-order valence-corrected chi connectivity index (χ2v) is 5.76. The van der Waals surface area contributed by atoms with Gasteiger partial charge >= 0.3 is 0 Å². The third kappa shape index (κ3) is 3.80. The molecule has 2 rings (SSSR count). The van der Waals surface area contributed by atoms with Crippen molar-refractivity contribution >= 4 is 21.8 Å². The maximum Gasteiger partial charge on any atom is 0.253 e. The molecule has 1 amide bonds. The van der Waals surface area contributed by atoms with Gasteiger partial charge in [-0.2, -0.15) is 0 Å². The molecule has 0 heterocycles. The second kappa shape index (κ2) is 7.31. The Balaban J connectivity index is 2.16. The lowest BCUT2D eigenvalue weighted by Crippen LogP contribution is -2.26. The van der Waals surface area contributed by atoms with Crippen LogP contribution in [0.5, 0.6) is 11.5 Å². The first-order chi connectivity index (χ1) is 10.5. The van der Waals surface area contributed by atoms with Crippen molar-refractivity contribution in [2.75, 3.05) is 21.3 Å². The van der Waals surface area contributed by atoms with Crippen LogP contribution in [0.4, 0.5) is 0 Å². The van der Waals surface area contributed by atoms with Gasteiger partial charge in [-0.25, -0.2) is 0 Å². The van der Waals surface area contributed by atoms with Crippen molar-refractivity contribution in [1.82, 2.24) is 4.90 Å². The van der Waals surface area contributed by atoms with Gasteiger partial charge in [0.1, 0.15) is 11.5 Å². The number of amides is 1. The number of nitrogens with zero attached hydrogens (tertiary/aromatic N) is 1. The minimum atomic E-state index is -0.0367. The first-order valence-electron chi connectivity index (χ1n) is 6.77. The van der Waals surface area contributed by atoms with Gasteiger partial charge in [0.25, 0.3) is 5.91 Å². The Kier molecular flexibility index (Phi) is 5.44. The highest BCUT2D eigenvalue weighted by Gasteiger charge is 2.14. The average molecular weight is 364 g/mol. The van der Waals surface area contributed by atoms with Crippen LogP contribution in [0.3, 0.4) is 0 Å². The fraction of sp³-hybridized carbons (Fsp3) is 0.235. The van der Waals surface area contributed by atoms with Crippen LogP contribution in [0.15, 0.2) is 46.9 Å². The summed E-state index contributed by atoms with van der Waals surface area (Å²) >= 11 is 3.36. The van der Waals surface area contributed by atoms with Gasteiger partial charge < -0.3 is 14.4 Å². The lowest BCUT2D eigenvalue weighted by Gasteiger charge is -2.19. The van der Waals surface area contributed by atoms with Crippen LogP contribution in [0.25, 0.3) is 0 Å². The highest BCUT2D eigenvalue weighted by molar-refractivity contribution is 9.10. The standard InChI is InChI=1S/C17H18BrNO3/c1-19(17(20)12-4-7-14(18)8-5-12)11-13-6-9-15(21-2)10-16(13)22-3/h4-10H,11H2,1-3H3. The molecule has 0 fully saturated rings. The summed E-state index contributed by atoms with van der Waals surface area (Å²) in [5.74, 6) is 1.39. The Morgan fingerprint density at radius 1 is 1.09 bits per heavy atom. The summed E-state index contributed by atoms with van der Waals surface area (Å²) in [4.78, 5) is 14.1. The van der Waals surface area contributed by atoms with Crippen LogP contribution in [-0.4, -0.2) is 32.1 Å². The summed E-state index contributed by atoms with van der Waals surface area (Å²) in [5, 5.41) is 0. The number of carbonyl (C=O) groups excluding carboxylic acids is 1. The van der Waals surface area contributed by atoms with Gasteiger partial charge in [-0.05, 0) is 36.4 Å². The molecule has 0 radical (unpaired) electrons. The summed E-state index contributed by atoms with van der Waals surface area (Å²) in [6.45, 7) is 0.460. The predicted molar refractivity (Wildman–Crippen MR) is 89.5 cm³/mol. The molecule has 22 heavy (non-hydrogen) atoms. The van der Waals surface area contributed by atoms with Gasteiger partial charge in [-0.1, -0.05) is 15.9 Å². The van der Waals surface area contributed by atoms with E-state index >= 15 is 0 Å². The number of rotatable bonds is 5. The van der Waals surface area contributed by atoms with Gasteiger partial charge in [0.05, 0.1) is 14.2 Å². The lowest BCUT2D eigenvalue weighted by atomic mass is 10.1. The topological polar surface area (TPSA) is 38.8 Å². The van der Waals surface area contributed by atoms with E-state index in [9.17, 15) is 4.79 Å². The Bertz CT molecular complexity index is 655. The second-order valence-electron chi connectivity index (χ2n) is 4.85. The van der Waals surface area contributed by atoms with Crippen LogP contribution in [0.2, 0.25) is 0 Å². The monoisotopic (exact) mass is 363 g/mol. The third-order valence-electron chi connectivity index (χ3n) is 3.34. The Morgan fingerprint density at radius 2 is 1.77 bits per heavy atom. The molecule has 2 aromatic rings. The van der Waals surface area contributed by atoms with E-state index in [2.05, 4.69) is 15.9 Å². The zero-order chi connectivity index (χ0) is 16.1. The number of hydrogen-bond donors (Lipinski definition) is 0. The molecule has 0 unspecified atom stereocenters. The average Bonchev–Trinajstić information content (AvgIpc) is 2.55. The van der Waals surface area contributed by atoms with Crippen molar-refractivity contribution < 1.29 is 14.3 Å². The minimum absolute atomic E-state index is 0.0367. The van der Waals surface area contributed by atoms with Gasteiger partial charge in [0, 0.05) is 35.3 Å². The van der Waals surface area contributed by atoms with E-state index in [0.717, 1.165) is 15.8 Å². The highest BCUT2D eigenvalue weighted by Crippen LogP contribution is 2.26. The van der Waals surface area contributed by atoms with Crippen LogP contribution in [-0.2, 0) is 6.54 Å². The molecule has 0 bridgehead atoms. The van der Waals surface area contributed by atoms with Crippen molar-refractivity contribution in [2.45, 2.75) is 6.54 Å². The molecule has 0 atom stereocenters. The fourth-order valence-electron chi connectivity index (χ4n) is 2.12. The van der Waals surface area contributed by atoms with Gasteiger partial charge in [-0.3, -0.25) is 4.79 Å². The quantitative estimate of drug-likeness (QED) is 0.812. The van der Waals surface area contributed by atoms with E-state index in [1.807, 2.05) is 30.3 Å². The first kappa shape index (κ1) is 16.4. The van der Waals surface area contributed by atoms with Crippen LogP contribution in [0.1, 0.15) is 15.9 Å². The van der Waals surface area contributed by atoms with E-state index in [1.54, 1.807) is 38.3 Å². The SMILES string of the molecule is COc1ccc(CN(C)C(=O)c2ccc(Br)cc2)c(OC)c1. The molecule has 5 heteroatoms. The molecule has 0 saturated heterocycles. The predicted octanol–water partition coefficient (Wildman–Crippen LogP) is 3.74. The smallest absolute Gasteiger partial charge is 0.253 e. The summed E-state index contributed by atoms with van der Waals surface area (Å²) in [6.07, 6.45) is 0. The van der Waals surface area contributed by atoms with Crippen LogP contribution in [0, 0.1) is 0 Å². The van der Waals surface area contributed by atoms with E-state index < -0.39 is 0 Å². The molecule has 0 spiro atoms. The van der Waals surface area contributed by atoms with Crippen LogP contribution >= 0.6 is 15.9 Å². The number of hydrogen-bond acceptors (Lipinski definition) is 3. The number of carbonyl (C=O) groups is 1. The van der Waals surface area contributed by atoms with E-state index in [-0.39, 0.29) is 5.91 Å². The van der Waals surface area contributed by atoms with Crippen molar-refractivity contribution in [1.29, 1.82) is 0 Å². The number of methoxy groups -OCH3 is 2. The van der Waals surface area contributed by atoms with Crippen molar-refractivity contribution in [3.05, 3.63) is 58.1 Å². The normalized spacial score (nSPS) is 10.2. The number of benzene rings is 2. The Hall–Kier alpha value is -2.01. The molecular weight excluding hydrogens is 346 g/mol. The number of ether oxygens (including phenoxy) is 2. The zero-order valence-corrected chi connectivity index (χ0v) is 14.4. The lowest BCUT2D eigenvalue weighted by molar-refractivity contribution is 0.0784.